The smallest absolute Gasteiger partial charge is 0.244 e. The molecule has 1 rings (SSSR count). The first-order valence-electron chi connectivity index (χ1n) is 5.83. The molecular weight excluding hydrogens is 267 g/mol. The summed E-state index contributed by atoms with van der Waals surface area (Å²) in [7, 11) is -3.82. The van der Waals surface area contributed by atoms with Gasteiger partial charge in [0.1, 0.15) is 5.82 Å². The van der Waals surface area contributed by atoms with Gasteiger partial charge in [-0.2, -0.15) is 4.31 Å². The van der Waals surface area contributed by atoms with Crippen LogP contribution >= 0.6 is 0 Å². The van der Waals surface area contributed by atoms with Crippen molar-refractivity contribution in [1.82, 2.24) is 4.31 Å². The summed E-state index contributed by atoms with van der Waals surface area (Å²) in [6.07, 6.45) is 5.78. The predicted octanol–water partition coefficient (Wildman–Crippen LogP) is 1.75. The highest BCUT2D eigenvalue weighted by Crippen LogP contribution is 2.23. The first-order valence-corrected chi connectivity index (χ1v) is 7.27. The second-order valence-corrected chi connectivity index (χ2v) is 6.10. The van der Waals surface area contributed by atoms with Crippen LogP contribution in [0.4, 0.5) is 10.1 Å². The van der Waals surface area contributed by atoms with Crippen LogP contribution in [0.5, 0.6) is 0 Å². The molecule has 0 heterocycles. The van der Waals surface area contributed by atoms with E-state index in [-0.39, 0.29) is 29.2 Å². The second kappa shape index (κ2) is 6.04. The van der Waals surface area contributed by atoms with Crippen molar-refractivity contribution in [3.05, 3.63) is 23.5 Å². The minimum Gasteiger partial charge on any atom is -0.398 e. The lowest BCUT2D eigenvalue weighted by Crippen LogP contribution is -2.32. The first-order chi connectivity index (χ1) is 8.84. The minimum absolute atomic E-state index is 0.0500. The van der Waals surface area contributed by atoms with Crippen LogP contribution in [0.2, 0.25) is 0 Å². The molecule has 0 saturated heterocycles. The van der Waals surface area contributed by atoms with E-state index in [4.69, 9.17) is 12.2 Å². The van der Waals surface area contributed by atoms with Crippen molar-refractivity contribution in [3.63, 3.8) is 0 Å². The Bertz CT molecular complexity index is 583. The van der Waals surface area contributed by atoms with Gasteiger partial charge in [0.25, 0.3) is 0 Å². The van der Waals surface area contributed by atoms with Crippen LogP contribution in [-0.2, 0) is 10.0 Å². The molecule has 0 aliphatic carbocycles. The van der Waals surface area contributed by atoms with Crippen molar-refractivity contribution in [1.29, 1.82) is 0 Å². The van der Waals surface area contributed by atoms with Crippen LogP contribution in [0.3, 0.4) is 0 Å². The van der Waals surface area contributed by atoms with Gasteiger partial charge >= 0.3 is 0 Å². The van der Waals surface area contributed by atoms with E-state index < -0.39 is 15.8 Å². The topological polar surface area (TPSA) is 63.4 Å². The van der Waals surface area contributed by atoms with Gasteiger partial charge in [0.05, 0.1) is 11.4 Å². The maximum absolute atomic E-state index is 13.6. The molecule has 1 aromatic rings. The fraction of sp³-hybridized carbons (Fsp3) is 0.385. The van der Waals surface area contributed by atoms with Crippen LogP contribution in [0, 0.1) is 25.1 Å². The van der Waals surface area contributed by atoms with Crippen molar-refractivity contribution in [3.8, 4) is 12.3 Å². The number of sulfonamides is 1. The lowest BCUT2D eigenvalue weighted by Gasteiger charge is -2.19. The highest BCUT2D eigenvalue weighted by Gasteiger charge is 2.24. The molecule has 4 nitrogen and oxygen atoms in total. The number of nitrogens with two attached hydrogens (primary N) is 1. The Morgan fingerprint density at radius 3 is 2.58 bits per heavy atom. The third kappa shape index (κ3) is 3.25. The zero-order valence-corrected chi connectivity index (χ0v) is 11.8. The molecule has 19 heavy (non-hydrogen) atoms. The third-order valence-electron chi connectivity index (χ3n) is 2.74. The molecular formula is C13H17FN2O2S. The highest BCUT2D eigenvalue weighted by molar-refractivity contribution is 7.89. The third-order valence-corrected chi connectivity index (χ3v) is 4.56. The summed E-state index contributed by atoms with van der Waals surface area (Å²) >= 11 is 0. The Balaban J connectivity index is 3.30. The molecule has 0 spiro atoms. The molecule has 0 fully saturated rings. The number of nitrogens with zero attached hydrogens (tertiary/aromatic N) is 1. The van der Waals surface area contributed by atoms with E-state index in [1.54, 1.807) is 0 Å². The van der Waals surface area contributed by atoms with E-state index in [0.29, 0.717) is 6.42 Å². The van der Waals surface area contributed by atoms with Gasteiger partial charge in [-0.15, -0.1) is 6.42 Å². The van der Waals surface area contributed by atoms with Crippen molar-refractivity contribution in [2.45, 2.75) is 25.2 Å². The molecule has 0 aromatic heterocycles. The second-order valence-electron chi connectivity index (χ2n) is 4.16. The largest absolute Gasteiger partial charge is 0.398 e. The lowest BCUT2D eigenvalue weighted by molar-refractivity contribution is 0.445. The zero-order valence-electron chi connectivity index (χ0n) is 11.0. The molecule has 0 aliphatic rings. The maximum atomic E-state index is 13.6. The summed E-state index contributed by atoms with van der Waals surface area (Å²) in [6.45, 7) is 3.56. The molecule has 2 N–H and O–H groups in total. The number of hydrogen-bond donors (Lipinski definition) is 1. The summed E-state index contributed by atoms with van der Waals surface area (Å²) < 4.78 is 39.4. The monoisotopic (exact) mass is 284 g/mol. The van der Waals surface area contributed by atoms with Gasteiger partial charge in [0.15, 0.2) is 0 Å². The van der Waals surface area contributed by atoms with Crippen molar-refractivity contribution >= 4 is 15.7 Å². The molecule has 0 bridgehead atoms. The van der Waals surface area contributed by atoms with Gasteiger partial charge in [-0.1, -0.05) is 12.8 Å². The van der Waals surface area contributed by atoms with Gasteiger partial charge in [-0.25, -0.2) is 12.8 Å². The summed E-state index contributed by atoms with van der Waals surface area (Å²) in [6, 6.07) is 2.23. The standard InChI is InChI=1S/C13H17FN2O2S/c1-4-6-16(7-5-2)19(17,18)11-8-12(14)10(3)13(15)9-11/h1,8-9H,5-7,15H2,2-3H3. The molecule has 0 atom stereocenters. The number of halogens is 1. The van der Waals surface area contributed by atoms with Crippen molar-refractivity contribution in [2.24, 2.45) is 0 Å². The van der Waals surface area contributed by atoms with Crippen molar-refractivity contribution < 1.29 is 12.8 Å². The van der Waals surface area contributed by atoms with E-state index in [0.717, 1.165) is 10.4 Å². The van der Waals surface area contributed by atoms with E-state index in [2.05, 4.69) is 5.92 Å². The van der Waals surface area contributed by atoms with Gasteiger partial charge in [0.2, 0.25) is 10.0 Å². The van der Waals surface area contributed by atoms with Gasteiger partial charge < -0.3 is 5.73 Å². The van der Waals surface area contributed by atoms with Crippen LogP contribution in [0.25, 0.3) is 0 Å². The number of nitrogen functional groups attached to an aromatic ring is 1. The number of hydrogen-bond acceptors (Lipinski definition) is 3. The molecule has 0 radical (unpaired) electrons. The Labute approximate surface area is 113 Å². The van der Waals surface area contributed by atoms with Gasteiger partial charge in [0, 0.05) is 17.8 Å². The van der Waals surface area contributed by atoms with Crippen LogP contribution in [0.1, 0.15) is 18.9 Å². The maximum Gasteiger partial charge on any atom is 0.244 e. The summed E-state index contributed by atoms with van der Waals surface area (Å²) in [5, 5.41) is 0. The summed E-state index contributed by atoms with van der Waals surface area (Å²) in [5.41, 5.74) is 5.94. The number of benzene rings is 1. The van der Waals surface area contributed by atoms with Gasteiger partial charge in [-0.05, 0) is 25.5 Å². The Kier molecular flexibility index (Phi) is 4.92. The fourth-order valence-electron chi connectivity index (χ4n) is 1.61. The average Bonchev–Trinajstić information content (AvgIpc) is 2.35. The number of anilines is 1. The Hall–Kier alpha value is -1.58. The molecule has 6 heteroatoms. The Morgan fingerprint density at radius 1 is 1.47 bits per heavy atom. The fourth-order valence-corrected chi connectivity index (χ4v) is 3.10. The molecule has 0 saturated carbocycles. The number of terminal acetylenes is 1. The predicted molar refractivity (Wildman–Crippen MR) is 73.4 cm³/mol. The van der Waals surface area contributed by atoms with Gasteiger partial charge in [-0.3, -0.25) is 0 Å². The van der Waals surface area contributed by atoms with Crippen molar-refractivity contribution in [2.75, 3.05) is 18.8 Å². The molecule has 1 aromatic carbocycles. The minimum atomic E-state index is -3.82. The van der Waals surface area contributed by atoms with E-state index >= 15 is 0 Å². The number of rotatable bonds is 5. The average molecular weight is 284 g/mol. The highest BCUT2D eigenvalue weighted by atomic mass is 32.2. The quantitative estimate of drug-likeness (QED) is 0.662. The summed E-state index contributed by atoms with van der Waals surface area (Å²) in [4.78, 5) is -0.170. The first kappa shape index (κ1) is 15.5. The van der Waals surface area contributed by atoms with Crippen LogP contribution in [-0.4, -0.2) is 25.8 Å². The lowest BCUT2D eigenvalue weighted by atomic mass is 10.2. The molecule has 0 aliphatic heterocycles. The van der Waals surface area contributed by atoms with Crippen LogP contribution in [0.15, 0.2) is 17.0 Å². The SMILES string of the molecule is C#CCN(CCC)S(=O)(=O)c1cc(N)c(C)c(F)c1. The van der Waals surface area contributed by atoms with E-state index in [1.807, 2.05) is 6.92 Å². The molecule has 104 valence electrons. The molecule has 0 amide bonds. The molecule has 0 unspecified atom stereocenters. The van der Waals surface area contributed by atoms with Crippen LogP contribution < -0.4 is 5.73 Å². The van der Waals surface area contributed by atoms with E-state index in [1.165, 1.54) is 13.0 Å². The summed E-state index contributed by atoms with van der Waals surface area (Å²) in [5.74, 6) is 1.65. The Morgan fingerprint density at radius 2 is 2.11 bits per heavy atom. The normalized spacial score (nSPS) is 11.5. The van der Waals surface area contributed by atoms with E-state index in [9.17, 15) is 12.8 Å². The zero-order chi connectivity index (χ0) is 14.6.